The van der Waals surface area contributed by atoms with E-state index in [4.69, 9.17) is 10.5 Å². The highest BCUT2D eigenvalue weighted by molar-refractivity contribution is 5.46. The topological polar surface area (TPSA) is 35.2 Å². The molecule has 0 bridgehead atoms. The van der Waals surface area contributed by atoms with Gasteiger partial charge in [0, 0.05) is 0 Å². The average Bonchev–Trinajstić information content (AvgIpc) is 2.36. The lowest BCUT2D eigenvalue weighted by Crippen LogP contribution is -2.13. The van der Waals surface area contributed by atoms with Crippen LogP contribution in [-0.2, 0) is 0 Å². The van der Waals surface area contributed by atoms with Gasteiger partial charge in [0.15, 0.2) is 0 Å². The highest BCUT2D eigenvalue weighted by Crippen LogP contribution is 2.29. The molecule has 20 heavy (non-hydrogen) atoms. The molecule has 0 spiro atoms. The van der Waals surface area contributed by atoms with Crippen LogP contribution in [0.15, 0.2) is 30.3 Å². The number of rotatable bonds is 3. The van der Waals surface area contributed by atoms with E-state index in [1.165, 1.54) is 11.1 Å². The summed E-state index contributed by atoms with van der Waals surface area (Å²) in [6, 6.07) is 10.6. The minimum atomic E-state index is -0.100. The van der Waals surface area contributed by atoms with E-state index in [1.54, 1.807) is 7.11 Å². The molecule has 0 fully saturated rings. The van der Waals surface area contributed by atoms with E-state index in [1.807, 2.05) is 0 Å². The Kier molecular flexibility index (Phi) is 4.15. The first kappa shape index (κ1) is 14.6. The Bertz CT molecular complexity index is 588. The smallest absolute Gasteiger partial charge is 0.124 e. The molecule has 0 heterocycles. The van der Waals surface area contributed by atoms with Gasteiger partial charge in [-0.2, -0.15) is 0 Å². The molecule has 2 aromatic carbocycles. The molecule has 0 aliphatic heterocycles. The lowest BCUT2D eigenvalue weighted by molar-refractivity contribution is 0.408. The molecule has 0 aromatic heterocycles. The molecule has 0 saturated heterocycles. The third-order valence-corrected chi connectivity index (χ3v) is 3.65. The van der Waals surface area contributed by atoms with E-state index in [0.717, 1.165) is 28.0 Å². The first-order valence-electron chi connectivity index (χ1n) is 6.91. The van der Waals surface area contributed by atoms with Crippen molar-refractivity contribution in [2.75, 3.05) is 7.11 Å². The molecule has 1 unspecified atom stereocenters. The summed E-state index contributed by atoms with van der Waals surface area (Å²) in [5.74, 6) is 0.946. The fraction of sp³-hybridized carbons (Fsp3) is 0.333. The second kappa shape index (κ2) is 5.68. The van der Waals surface area contributed by atoms with Crippen molar-refractivity contribution >= 4 is 0 Å². The Hall–Kier alpha value is -1.80. The van der Waals surface area contributed by atoms with Crippen molar-refractivity contribution in [1.82, 2.24) is 0 Å². The van der Waals surface area contributed by atoms with E-state index >= 15 is 0 Å². The van der Waals surface area contributed by atoms with Crippen LogP contribution in [0.25, 0.3) is 0 Å². The van der Waals surface area contributed by atoms with E-state index < -0.39 is 0 Å². The zero-order valence-electron chi connectivity index (χ0n) is 12.9. The second-order valence-electron chi connectivity index (χ2n) is 5.59. The van der Waals surface area contributed by atoms with Gasteiger partial charge in [0.2, 0.25) is 0 Å². The maximum atomic E-state index is 6.44. The normalized spacial score (nSPS) is 12.3. The summed E-state index contributed by atoms with van der Waals surface area (Å²) in [5, 5.41) is 0. The molecule has 2 heteroatoms. The van der Waals surface area contributed by atoms with Crippen LogP contribution in [0.4, 0.5) is 0 Å². The van der Waals surface area contributed by atoms with E-state index in [0.29, 0.717) is 0 Å². The molecule has 2 aromatic rings. The molecule has 0 saturated carbocycles. The van der Waals surface area contributed by atoms with Gasteiger partial charge >= 0.3 is 0 Å². The molecule has 0 radical (unpaired) electrons. The Balaban J connectivity index is 2.45. The fourth-order valence-electron chi connectivity index (χ4n) is 2.87. The highest BCUT2D eigenvalue weighted by atomic mass is 16.5. The maximum absolute atomic E-state index is 6.44. The molecule has 2 rings (SSSR count). The Labute approximate surface area is 121 Å². The van der Waals surface area contributed by atoms with Crippen LogP contribution in [0.1, 0.15) is 39.4 Å². The minimum Gasteiger partial charge on any atom is -0.496 e. The van der Waals surface area contributed by atoms with Crippen molar-refractivity contribution in [3.8, 4) is 5.75 Å². The highest BCUT2D eigenvalue weighted by Gasteiger charge is 2.13. The summed E-state index contributed by atoms with van der Waals surface area (Å²) in [7, 11) is 1.71. The first-order chi connectivity index (χ1) is 9.42. The number of aryl methyl sites for hydroxylation is 4. The third kappa shape index (κ3) is 2.86. The summed E-state index contributed by atoms with van der Waals surface area (Å²) in [5.41, 5.74) is 13.5. The quantitative estimate of drug-likeness (QED) is 0.914. The van der Waals surface area contributed by atoms with E-state index in [2.05, 4.69) is 58.0 Å². The van der Waals surface area contributed by atoms with Crippen LogP contribution >= 0.6 is 0 Å². The van der Waals surface area contributed by atoms with E-state index in [9.17, 15) is 0 Å². The van der Waals surface area contributed by atoms with Gasteiger partial charge < -0.3 is 10.5 Å². The maximum Gasteiger partial charge on any atom is 0.124 e. The van der Waals surface area contributed by atoms with Gasteiger partial charge in [-0.25, -0.2) is 0 Å². The van der Waals surface area contributed by atoms with Crippen LogP contribution in [0.5, 0.6) is 5.75 Å². The number of benzene rings is 2. The number of hydrogen-bond donors (Lipinski definition) is 1. The number of hydrogen-bond acceptors (Lipinski definition) is 2. The molecule has 2 nitrogen and oxygen atoms in total. The second-order valence-corrected chi connectivity index (χ2v) is 5.59. The molecule has 0 aliphatic rings. The Morgan fingerprint density at radius 2 is 1.25 bits per heavy atom. The van der Waals surface area contributed by atoms with Gasteiger partial charge in [-0.1, -0.05) is 41.5 Å². The van der Waals surface area contributed by atoms with Crippen LogP contribution in [-0.4, -0.2) is 7.11 Å². The van der Waals surface area contributed by atoms with Gasteiger partial charge in [0.25, 0.3) is 0 Å². The third-order valence-electron chi connectivity index (χ3n) is 3.65. The molecule has 1 atom stereocenters. The molecule has 106 valence electrons. The molecule has 0 amide bonds. The standard InChI is InChI=1S/C18H23NO/c1-11-6-12(2)8-15(7-11)17(19)16-9-13(3)18(20-5)14(4)10-16/h6-10,17H,19H2,1-5H3. The Morgan fingerprint density at radius 1 is 0.800 bits per heavy atom. The van der Waals surface area contributed by atoms with Crippen molar-refractivity contribution < 1.29 is 4.74 Å². The monoisotopic (exact) mass is 269 g/mol. The molecule has 0 aliphatic carbocycles. The van der Waals surface area contributed by atoms with Crippen LogP contribution in [0.2, 0.25) is 0 Å². The predicted molar refractivity (Wildman–Crippen MR) is 84.4 cm³/mol. The van der Waals surface area contributed by atoms with Gasteiger partial charge in [0.05, 0.1) is 13.2 Å². The zero-order valence-corrected chi connectivity index (χ0v) is 12.9. The van der Waals surface area contributed by atoms with Crippen LogP contribution < -0.4 is 10.5 Å². The Morgan fingerprint density at radius 3 is 1.70 bits per heavy atom. The summed E-state index contributed by atoms with van der Waals surface area (Å²) in [6.45, 7) is 8.33. The van der Waals surface area contributed by atoms with Crippen LogP contribution in [0, 0.1) is 27.7 Å². The molecular formula is C18H23NO. The number of nitrogens with two attached hydrogens (primary N) is 1. The van der Waals surface area contributed by atoms with Gasteiger partial charge in [-0.15, -0.1) is 0 Å². The van der Waals surface area contributed by atoms with E-state index in [-0.39, 0.29) is 6.04 Å². The number of ether oxygens (including phenoxy) is 1. The summed E-state index contributed by atoms with van der Waals surface area (Å²) >= 11 is 0. The summed E-state index contributed by atoms with van der Waals surface area (Å²) in [6.07, 6.45) is 0. The summed E-state index contributed by atoms with van der Waals surface area (Å²) < 4.78 is 5.41. The van der Waals surface area contributed by atoms with Gasteiger partial charge in [0.1, 0.15) is 5.75 Å². The molecular weight excluding hydrogens is 246 g/mol. The predicted octanol–water partition coefficient (Wildman–Crippen LogP) is 3.98. The van der Waals surface area contributed by atoms with Crippen molar-refractivity contribution in [1.29, 1.82) is 0 Å². The SMILES string of the molecule is COc1c(C)cc(C(N)c2cc(C)cc(C)c2)cc1C. The lowest BCUT2D eigenvalue weighted by atomic mass is 9.94. The van der Waals surface area contributed by atoms with Crippen molar-refractivity contribution in [3.05, 3.63) is 63.7 Å². The number of methoxy groups -OCH3 is 1. The van der Waals surface area contributed by atoms with Crippen molar-refractivity contribution in [2.24, 2.45) is 5.73 Å². The molecule has 2 N–H and O–H groups in total. The van der Waals surface area contributed by atoms with Crippen LogP contribution in [0.3, 0.4) is 0 Å². The zero-order chi connectivity index (χ0) is 14.9. The van der Waals surface area contributed by atoms with Crippen molar-refractivity contribution in [2.45, 2.75) is 33.7 Å². The minimum absolute atomic E-state index is 0.100. The summed E-state index contributed by atoms with van der Waals surface area (Å²) in [4.78, 5) is 0. The van der Waals surface area contributed by atoms with Gasteiger partial charge in [-0.3, -0.25) is 0 Å². The van der Waals surface area contributed by atoms with Gasteiger partial charge in [-0.05, 0) is 49.9 Å². The largest absolute Gasteiger partial charge is 0.496 e. The first-order valence-corrected chi connectivity index (χ1v) is 6.91. The fourth-order valence-corrected chi connectivity index (χ4v) is 2.87. The average molecular weight is 269 g/mol. The van der Waals surface area contributed by atoms with Crippen molar-refractivity contribution in [3.63, 3.8) is 0 Å². The lowest BCUT2D eigenvalue weighted by Gasteiger charge is -2.17.